The zero-order valence-corrected chi connectivity index (χ0v) is 13.5. The molecule has 0 fully saturated rings. The van der Waals surface area contributed by atoms with Gasteiger partial charge in [0.05, 0.1) is 26.3 Å². The van der Waals surface area contributed by atoms with Gasteiger partial charge in [0.15, 0.2) is 0 Å². The average Bonchev–Trinajstić information content (AvgIpc) is 2.76. The first-order chi connectivity index (χ1) is 9.25. The van der Waals surface area contributed by atoms with Gasteiger partial charge in [0.25, 0.3) is 0 Å². The van der Waals surface area contributed by atoms with E-state index in [2.05, 4.69) is 25.7 Å². The third-order valence-corrected chi connectivity index (χ3v) is 5.21. The zero-order valence-electron chi connectivity index (χ0n) is 12.5. The molecule has 2 rings (SSSR count). The van der Waals surface area contributed by atoms with E-state index in [1.807, 2.05) is 6.07 Å². The maximum absolute atomic E-state index is 12.0. The highest BCUT2D eigenvalue weighted by molar-refractivity contribution is 6.88. The molecule has 0 atom stereocenters. The van der Waals surface area contributed by atoms with Gasteiger partial charge in [0.2, 0.25) is 5.91 Å². The molecule has 1 aromatic heterocycles. The molecule has 0 aliphatic carbocycles. The number of carbonyl (C=O) groups excluding carboxylic acids is 2. The van der Waals surface area contributed by atoms with Gasteiger partial charge in [-0.3, -0.25) is 9.36 Å². The molecule has 4 nitrogen and oxygen atoms in total. The number of esters is 1. The van der Waals surface area contributed by atoms with Crippen molar-refractivity contribution in [1.82, 2.24) is 4.57 Å². The monoisotopic (exact) mass is 289 g/mol. The highest BCUT2D eigenvalue weighted by Gasteiger charge is 2.25. The first kappa shape index (κ1) is 14.5. The van der Waals surface area contributed by atoms with Gasteiger partial charge in [-0.2, -0.15) is 0 Å². The molecule has 1 heterocycles. The number of carbonyl (C=O) groups is 2. The van der Waals surface area contributed by atoms with Crippen LogP contribution in [0.1, 0.15) is 22.1 Å². The number of nitrogens with zero attached hydrogens (tertiary/aromatic N) is 1. The maximum atomic E-state index is 12.0. The second kappa shape index (κ2) is 4.90. The van der Waals surface area contributed by atoms with Crippen LogP contribution in [-0.4, -0.2) is 31.6 Å². The summed E-state index contributed by atoms with van der Waals surface area (Å²) in [5.74, 6) is -0.419. The summed E-state index contributed by atoms with van der Waals surface area (Å²) in [4.78, 5) is 23.6. The minimum atomic E-state index is -1.65. The summed E-state index contributed by atoms with van der Waals surface area (Å²) in [6.07, 6.45) is 0. The lowest BCUT2D eigenvalue weighted by molar-refractivity contribution is 0.0600. The lowest BCUT2D eigenvalue weighted by Gasteiger charge is -2.18. The maximum Gasteiger partial charge on any atom is 0.337 e. The number of rotatable bonds is 2. The van der Waals surface area contributed by atoms with E-state index in [1.54, 1.807) is 23.6 Å². The Morgan fingerprint density at radius 1 is 1.15 bits per heavy atom. The van der Waals surface area contributed by atoms with Crippen molar-refractivity contribution in [2.45, 2.75) is 26.6 Å². The Labute approximate surface area is 119 Å². The molecule has 1 aromatic carbocycles. The summed E-state index contributed by atoms with van der Waals surface area (Å²) in [5, 5.41) is 2.05. The van der Waals surface area contributed by atoms with Gasteiger partial charge < -0.3 is 4.74 Å². The highest BCUT2D eigenvalue weighted by atomic mass is 28.3. The Kier molecular flexibility index (Phi) is 3.56. The molecule has 0 spiro atoms. The van der Waals surface area contributed by atoms with Crippen LogP contribution < -0.4 is 5.32 Å². The molecular weight excluding hydrogens is 270 g/mol. The molecule has 5 heteroatoms. The summed E-state index contributed by atoms with van der Waals surface area (Å²) in [6, 6.07) is 7.38. The molecule has 0 N–H and O–H groups in total. The fourth-order valence-corrected chi connectivity index (χ4v) is 3.87. The number of hydrogen-bond donors (Lipinski definition) is 0. The Hall–Kier alpha value is -1.88. The molecule has 0 amide bonds. The fourth-order valence-electron chi connectivity index (χ4n) is 2.34. The molecule has 0 radical (unpaired) electrons. The Balaban J connectivity index is 2.77. The molecule has 0 unspecified atom stereocenters. The van der Waals surface area contributed by atoms with Crippen molar-refractivity contribution in [3.05, 3.63) is 29.8 Å². The third kappa shape index (κ3) is 2.41. The highest BCUT2D eigenvalue weighted by Crippen LogP contribution is 2.20. The quantitative estimate of drug-likeness (QED) is 0.631. The van der Waals surface area contributed by atoms with E-state index in [4.69, 9.17) is 4.74 Å². The van der Waals surface area contributed by atoms with Crippen LogP contribution in [-0.2, 0) is 4.74 Å². The Morgan fingerprint density at radius 3 is 2.30 bits per heavy atom. The number of hydrogen-bond acceptors (Lipinski definition) is 3. The van der Waals surface area contributed by atoms with Gasteiger partial charge in [0.1, 0.15) is 0 Å². The SMILES string of the molecule is COC(=O)c1ccc2cc([Si](C)(C)C)n(C(C)=O)c2c1. The predicted octanol–water partition coefficient (Wildman–Crippen LogP) is 2.63. The molecule has 0 bridgehead atoms. The Morgan fingerprint density at radius 2 is 1.80 bits per heavy atom. The molecule has 0 aliphatic heterocycles. The molecule has 2 aromatic rings. The topological polar surface area (TPSA) is 48.3 Å². The van der Waals surface area contributed by atoms with E-state index in [0.29, 0.717) is 5.56 Å². The first-order valence-corrected chi connectivity index (χ1v) is 10.0. The Bertz CT molecular complexity index is 695. The molecule has 0 saturated heterocycles. The molecule has 0 saturated carbocycles. The van der Waals surface area contributed by atoms with Crippen LogP contribution in [0, 0.1) is 0 Å². The molecule has 106 valence electrons. The summed E-state index contributed by atoms with van der Waals surface area (Å²) < 4.78 is 6.47. The summed E-state index contributed by atoms with van der Waals surface area (Å²) in [5.41, 5.74) is 1.24. The van der Waals surface area contributed by atoms with E-state index < -0.39 is 14.0 Å². The van der Waals surface area contributed by atoms with Crippen LogP contribution in [0.15, 0.2) is 24.3 Å². The minimum Gasteiger partial charge on any atom is -0.465 e. The minimum absolute atomic E-state index is 0.0283. The van der Waals surface area contributed by atoms with Gasteiger partial charge in [0, 0.05) is 12.2 Å². The van der Waals surface area contributed by atoms with Crippen molar-refractivity contribution in [2.24, 2.45) is 0 Å². The fraction of sp³-hybridized carbons (Fsp3) is 0.333. The second-order valence-corrected chi connectivity index (χ2v) is 10.9. The van der Waals surface area contributed by atoms with E-state index >= 15 is 0 Å². The standard InChI is InChI=1S/C15H19NO3Si/c1-10(17)16-13-8-12(15(18)19-2)7-6-11(13)9-14(16)20(3,4)5/h6-9H,1-5H3. The number of aromatic nitrogens is 1. The lowest BCUT2D eigenvalue weighted by Crippen LogP contribution is -2.44. The molecule has 0 aliphatic rings. The van der Waals surface area contributed by atoms with Crippen LogP contribution in [0.2, 0.25) is 19.6 Å². The summed E-state index contributed by atoms with van der Waals surface area (Å²) >= 11 is 0. The van der Waals surface area contributed by atoms with E-state index in [0.717, 1.165) is 16.2 Å². The van der Waals surface area contributed by atoms with Crippen LogP contribution in [0.3, 0.4) is 0 Å². The third-order valence-electron chi connectivity index (χ3n) is 3.31. The zero-order chi connectivity index (χ0) is 15.1. The predicted molar refractivity (Wildman–Crippen MR) is 82.6 cm³/mol. The summed E-state index contributed by atoms with van der Waals surface area (Å²) in [6.45, 7) is 8.14. The molecule has 20 heavy (non-hydrogen) atoms. The number of benzene rings is 1. The van der Waals surface area contributed by atoms with Crippen molar-refractivity contribution in [3.8, 4) is 0 Å². The van der Waals surface area contributed by atoms with Crippen LogP contribution in [0.4, 0.5) is 0 Å². The van der Waals surface area contributed by atoms with Crippen molar-refractivity contribution in [3.63, 3.8) is 0 Å². The van der Waals surface area contributed by atoms with Gasteiger partial charge in [-0.15, -0.1) is 0 Å². The van der Waals surface area contributed by atoms with Crippen molar-refractivity contribution in [2.75, 3.05) is 7.11 Å². The van der Waals surface area contributed by atoms with Crippen LogP contribution >= 0.6 is 0 Å². The van der Waals surface area contributed by atoms with Gasteiger partial charge in [-0.1, -0.05) is 25.7 Å². The van der Waals surface area contributed by atoms with E-state index in [9.17, 15) is 9.59 Å². The number of methoxy groups -OCH3 is 1. The summed E-state index contributed by atoms with van der Waals surface area (Å²) in [7, 11) is -0.299. The van der Waals surface area contributed by atoms with E-state index in [1.165, 1.54) is 7.11 Å². The van der Waals surface area contributed by atoms with Crippen molar-refractivity contribution < 1.29 is 14.3 Å². The normalized spacial score (nSPS) is 11.7. The van der Waals surface area contributed by atoms with Crippen molar-refractivity contribution >= 4 is 36.2 Å². The smallest absolute Gasteiger partial charge is 0.337 e. The van der Waals surface area contributed by atoms with Crippen molar-refractivity contribution in [1.29, 1.82) is 0 Å². The lowest BCUT2D eigenvalue weighted by atomic mass is 10.1. The molecular formula is C15H19NO3Si. The largest absolute Gasteiger partial charge is 0.465 e. The van der Waals surface area contributed by atoms with Gasteiger partial charge in [-0.05, 0) is 23.6 Å². The van der Waals surface area contributed by atoms with Crippen LogP contribution in [0.25, 0.3) is 10.9 Å². The second-order valence-electron chi connectivity index (χ2n) is 5.90. The van der Waals surface area contributed by atoms with E-state index in [-0.39, 0.29) is 5.91 Å². The van der Waals surface area contributed by atoms with Gasteiger partial charge in [-0.25, -0.2) is 4.79 Å². The number of ether oxygens (including phenoxy) is 1. The first-order valence-electron chi connectivity index (χ1n) is 6.51. The number of fused-ring (bicyclic) bond motifs is 1. The average molecular weight is 289 g/mol. The van der Waals surface area contributed by atoms with Crippen LogP contribution in [0.5, 0.6) is 0 Å². The van der Waals surface area contributed by atoms with Gasteiger partial charge >= 0.3 is 5.97 Å².